The fraction of sp³-hybridized carbons (Fsp3) is 0.438. The molecule has 20 heavy (non-hydrogen) atoms. The third kappa shape index (κ3) is 2.56. The summed E-state index contributed by atoms with van der Waals surface area (Å²) >= 11 is 0. The summed E-state index contributed by atoms with van der Waals surface area (Å²) in [5.74, 6) is 2.01. The molecule has 1 fully saturated rings. The number of benzene rings is 1. The minimum atomic E-state index is -0.125. The summed E-state index contributed by atoms with van der Waals surface area (Å²) in [5.41, 5.74) is 2.29. The van der Waals surface area contributed by atoms with Crippen LogP contribution in [-0.2, 0) is 0 Å². The molecule has 1 saturated heterocycles. The fourth-order valence-electron chi connectivity index (χ4n) is 2.77. The second-order valence-corrected chi connectivity index (χ2v) is 5.38. The van der Waals surface area contributed by atoms with Gasteiger partial charge in [0.1, 0.15) is 12.0 Å². The van der Waals surface area contributed by atoms with Gasteiger partial charge >= 0.3 is 0 Å². The van der Waals surface area contributed by atoms with Gasteiger partial charge in [0.05, 0.1) is 6.20 Å². The second-order valence-electron chi connectivity index (χ2n) is 5.38. The van der Waals surface area contributed by atoms with E-state index < -0.39 is 0 Å². The van der Waals surface area contributed by atoms with E-state index in [2.05, 4.69) is 42.3 Å². The van der Waals surface area contributed by atoms with Crippen LogP contribution in [0, 0.1) is 19.8 Å². The lowest BCUT2D eigenvalue weighted by Crippen LogP contribution is -2.22. The Bertz CT molecular complexity index is 540. The number of oxazole rings is 1. The number of rotatable bonds is 4. The molecule has 4 heteroatoms. The molecule has 0 bridgehead atoms. The quantitative estimate of drug-likeness (QED) is 0.929. The van der Waals surface area contributed by atoms with Crippen LogP contribution in [0.2, 0.25) is 0 Å². The SMILES string of the molecule is Cc1cccc(C)c1OC(c1ncco1)C1CCNC1. The third-order valence-corrected chi connectivity index (χ3v) is 3.87. The Kier molecular flexibility index (Phi) is 3.74. The standard InChI is InChI=1S/C16H20N2O2/c1-11-4-3-5-12(2)14(11)20-15(13-6-7-17-10-13)16-18-8-9-19-16/h3-5,8-9,13,15,17H,6-7,10H2,1-2H3. The minimum Gasteiger partial charge on any atom is -0.480 e. The molecular formula is C16H20N2O2. The highest BCUT2D eigenvalue weighted by atomic mass is 16.5. The lowest BCUT2D eigenvalue weighted by Gasteiger charge is -2.23. The van der Waals surface area contributed by atoms with E-state index >= 15 is 0 Å². The molecule has 1 N–H and O–H groups in total. The Morgan fingerprint density at radius 1 is 1.35 bits per heavy atom. The first-order chi connectivity index (χ1) is 9.75. The molecule has 1 aromatic carbocycles. The number of hydrogen-bond donors (Lipinski definition) is 1. The van der Waals surface area contributed by atoms with Gasteiger partial charge < -0.3 is 14.5 Å². The number of nitrogens with zero attached hydrogens (tertiary/aromatic N) is 1. The second kappa shape index (κ2) is 5.67. The van der Waals surface area contributed by atoms with Crippen LogP contribution in [0.5, 0.6) is 5.75 Å². The van der Waals surface area contributed by atoms with Crippen molar-refractivity contribution in [1.82, 2.24) is 10.3 Å². The van der Waals surface area contributed by atoms with Crippen molar-refractivity contribution in [3.8, 4) is 5.75 Å². The van der Waals surface area contributed by atoms with Crippen LogP contribution in [0.1, 0.15) is 29.5 Å². The summed E-state index contributed by atoms with van der Waals surface area (Å²) in [6, 6.07) is 6.19. The average molecular weight is 272 g/mol. The summed E-state index contributed by atoms with van der Waals surface area (Å²) in [6.07, 6.45) is 4.25. The van der Waals surface area contributed by atoms with Gasteiger partial charge in [0, 0.05) is 12.5 Å². The molecule has 1 aliphatic rings. The van der Waals surface area contributed by atoms with Crippen molar-refractivity contribution in [2.45, 2.75) is 26.4 Å². The minimum absolute atomic E-state index is 0.125. The molecule has 2 atom stereocenters. The first-order valence-corrected chi connectivity index (χ1v) is 7.08. The van der Waals surface area contributed by atoms with Crippen LogP contribution in [0.15, 0.2) is 35.1 Å². The molecule has 1 aliphatic heterocycles. The molecule has 0 amide bonds. The van der Waals surface area contributed by atoms with Crippen molar-refractivity contribution in [1.29, 1.82) is 0 Å². The van der Waals surface area contributed by atoms with Gasteiger partial charge in [0.25, 0.3) is 0 Å². The van der Waals surface area contributed by atoms with Crippen molar-refractivity contribution in [2.24, 2.45) is 5.92 Å². The van der Waals surface area contributed by atoms with Crippen molar-refractivity contribution < 1.29 is 9.15 Å². The van der Waals surface area contributed by atoms with Gasteiger partial charge in [-0.2, -0.15) is 0 Å². The fourth-order valence-corrected chi connectivity index (χ4v) is 2.77. The van der Waals surface area contributed by atoms with E-state index in [1.54, 1.807) is 12.5 Å². The highest BCUT2D eigenvalue weighted by molar-refractivity contribution is 5.40. The maximum Gasteiger partial charge on any atom is 0.235 e. The van der Waals surface area contributed by atoms with Gasteiger partial charge in [0.2, 0.25) is 5.89 Å². The van der Waals surface area contributed by atoms with Gasteiger partial charge in [-0.15, -0.1) is 0 Å². The van der Waals surface area contributed by atoms with Crippen molar-refractivity contribution >= 4 is 0 Å². The van der Waals surface area contributed by atoms with E-state index in [9.17, 15) is 0 Å². The number of aryl methyl sites for hydroxylation is 2. The largest absolute Gasteiger partial charge is 0.480 e. The predicted octanol–water partition coefficient (Wildman–Crippen LogP) is 3.02. The van der Waals surface area contributed by atoms with Crippen LogP contribution in [-0.4, -0.2) is 18.1 Å². The Hall–Kier alpha value is -1.81. The molecule has 0 radical (unpaired) electrons. The molecule has 0 saturated carbocycles. The summed E-state index contributed by atoms with van der Waals surface area (Å²) in [5, 5.41) is 3.38. The first kappa shape index (κ1) is 13.2. The van der Waals surface area contributed by atoms with Gasteiger partial charge in [-0.25, -0.2) is 4.98 Å². The average Bonchev–Trinajstić information content (AvgIpc) is 3.12. The smallest absolute Gasteiger partial charge is 0.235 e. The Labute approximate surface area is 119 Å². The van der Waals surface area contributed by atoms with E-state index in [1.807, 2.05) is 0 Å². The molecule has 2 heterocycles. The molecule has 106 valence electrons. The van der Waals surface area contributed by atoms with Gasteiger partial charge in [-0.3, -0.25) is 0 Å². The Morgan fingerprint density at radius 2 is 2.15 bits per heavy atom. The summed E-state index contributed by atoms with van der Waals surface area (Å²) in [7, 11) is 0. The summed E-state index contributed by atoms with van der Waals surface area (Å²) < 4.78 is 11.8. The topological polar surface area (TPSA) is 47.3 Å². The van der Waals surface area contributed by atoms with E-state index in [1.165, 1.54) is 0 Å². The Balaban J connectivity index is 1.90. The molecular weight excluding hydrogens is 252 g/mol. The number of nitrogens with one attached hydrogen (secondary N) is 1. The van der Waals surface area contributed by atoms with Crippen LogP contribution in [0.4, 0.5) is 0 Å². The van der Waals surface area contributed by atoms with Crippen LogP contribution in [0.25, 0.3) is 0 Å². The molecule has 4 nitrogen and oxygen atoms in total. The first-order valence-electron chi connectivity index (χ1n) is 7.08. The van der Waals surface area contributed by atoms with Crippen LogP contribution in [0.3, 0.4) is 0 Å². The summed E-state index contributed by atoms with van der Waals surface area (Å²) in [6.45, 7) is 6.11. The highest BCUT2D eigenvalue weighted by Gasteiger charge is 2.31. The van der Waals surface area contributed by atoms with Crippen LogP contribution < -0.4 is 10.1 Å². The third-order valence-electron chi connectivity index (χ3n) is 3.87. The van der Waals surface area contributed by atoms with E-state index in [0.717, 1.165) is 36.4 Å². The normalized spacial score (nSPS) is 20.0. The van der Waals surface area contributed by atoms with Crippen LogP contribution >= 0.6 is 0 Å². The maximum atomic E-state index is 6.31. The molecule has 2 aromatic rings. The van der Waals surface area contributed by atoms with E-state index in [-0.39, 0.29) is 6.10 Å². The number of para-hydroxylation sites is 1. The molecule has 0 spiro atoms. The Morgan fingerprint density at radius 3 is 2.75 bits per heavy atom. The van der Waals surface area contributed by atoms with E-state index in [0.29, 0.717) is 11.8 Å². The van der Waals surface area contributed by atoms with Gasteiger partial charge in [0.15, 0.2) is 6.10 Å². The van der Waals surface area contributed by atoms with Gasteiger partial charge in [-0.1, -0.05) is 18.2 Å². The van der Waals surface area contributed by atoms with E-state index in [4.69, 9.17) is 9.15 Å². The van der Waals surface area contributed by atoms with Crippen molar-refractivity contribution in [3.63, 3.8) is 0 Å². The zero-order valence-electron chi connectivity index (χ0n) is 11.9. The molecule has 3 rings (SSSR count). The molecule has 1 aromatic heterocycles. The number of ether oxygens (including phenoxy) is 1. The monoisotopic (exact) mass is 272 g/mol. The van der Waals surface area contributed by atoms with Crippen molar-refractivity contribution in [3.05, 3.63) is 47.7 Å². The van der Waals surface area contributed by atoms with Gasteiger partial charge in [-0.05, 0) is 37.9 Å². The number of hydrogen-bond acceptors (Lipinski definition) is 4. The molecule has 0 aliphatic carbocycles. The lowest BCUT2D eigenvalue weighted by atomic mass is 10.0. The van der Waals surface area contributed by atoms with Crippen molar-refractivity contribution in [2.75, 3.05) is 13.1 Å². The predicted molar refractivity (Wildman–Crippen MR) is 76.8 cm³/mol. The summed E-state index contributed by atoms with van der Waals surface area (Å²) in [4.78, 5) is 4.30. The maximum absolute atomic E-state index is 6.31. The highest BCUT2D eigenvalue weighted by Crippen LogP contribution is 2.34. The molecule has 2 unspecified atom stereocenters. The lowest BCUT2D eigenvalue weighted by molar-refractivity contribution is 0.112. The zero-order valence-corrected chi connectivity index (χ0v) is 11.9. The number of aromatic nitrogens is 1. The zero-order chi connectivity index (χ0) is 13.9.